The summed E-state index contributed by atoms with van der Waals surface area (Å²) in [6.45, 7) is 3.80. The summed E-state index contributed by atoms with van der Waals surface area (Å²) in [4.78, 5) is 46.6. The number of piperazine rings is 1. The van der Waals surface area contributed by atoms with Crippen LogP contribution in [0.3, 0.4) is 0 Å². The van der Waals surface area contributed by atoms with Crippen molar-refractivity contribution in [1.82, 2.24) is 19.6 Å². The molecule has 0 radical (unpaired) electrons. The first-order valence-corrected chi connectivity index (χ1v) is 13.9. The highest BCUT2D eigenvalue weighted by atomic mass is 32.1. The molecule has 9 nitrogen and oxygen atoms in total. The monoisotopic (exact) mass is 549 g/mol. The Labute approximate surface area is 227 Å². The molecule has 196 valence electrons. The van der Waals surface area contributed by atoms with Crippen molar-refractivity contribution in [2.75, 3.05) is 44.2 Å². The number of anilines is 1. The highest BCUT2D eigenvalue weighted by Gasteiger charge is 2.24. The maximum absolute atomic E-state index is 13.4. The molecule has 0 aliphatic carbocycles. The molecule has 2 aliphatic heterocycles. The number of para-hydroxylation sites is 1. The maximum Gasteiger partial charge on any atom is 0.265 e. The summed E-state index contributed by atoms with van der Waals surface area (Å²) in [6.07, 6.45) is 1.90. The van der Waals surface area contributed by atoms with Crippen molar-refractivity contribution in [2.45, 2.75) is 18.9 Å². The van der Waals surface area contributed by atoms with Crippen LogP contribution in [-0.2, 0) is 4.74 Å². The minimum atomic E-state index is -0.337. The first-order valence-electron chi connectivity index (χ1n) is 12.7. The summed E-state index contributed by atoms with van der Waals surface area (Å²) in [5, 5.41) is 3.31. The summed E-state index contributed by atoms with van der Waals surface area (Å²) in [6, 6.07) is 15.2. The Kier molecular flexibility index (Phi) is 6.73. The van der Waals surface area contributed by atoms with Gasteiger partial charge in [0.25, 0.3) is 17.4 Å². The first kappa shape index (κ1) is 24.8. The van der Waals surface area contributed by atoms with Gasteiger partial charge in [-0.1, -0.05) is 29.5 Å². The molecule has 2 aromatic carbocycles. The van der Waals surface area contributed by atoms with Crippen molar-refractivity contribution in [2.24, 2.45) is 0 Å². The zero-order valence-corrected chi connectivity index (χ0v) is 22.3. The Bertz CT molecular complexity index is 1630. The van der Waals surface area contributed by atoms with Gasteiger partial charge in [0.1, 0.15) is 10.5 Å². The smallest absolute Gasteiger partial charge is 0.265 e. The molecule has 0 spiro atoms. The Morgan fingerprint density at radius 3 is 2.63 bits per heavy atom. The molecule has 2 fully saturated rings. The molecule has 38 heavy (non-hydrogen) atoms. The molecule has 2 amide bonds. The highest BCUT2D eigenvalue weighted by Crippen LogP contribution is 2.24. The van der Waals surface area contributed by atoms with Gasteiger partial charge in [-0.3, -0.25) is 18.8 Å². The van der Waals surface area contributed by atoms with Crippen LogP contribution in [0, 0.1) is 3.95 Å². The molecule has 11 heteroatoms. The largest absolute Gasteiger partial charge is 0.376 e. The van der Waals surface area contributed by atoms with E-state index in [1.807, 2.05) is 23.1 Å². The molecule has 2 aliphatic rings. The minimum Gasteiger partial charge on any atom is -0.376 e. The van der Waals surface area contributed by atoms with Crippen LogP contribution >= 0.6 is 23.6 Å². The van der Waals surface area contributed by atoms with Crippen LogP contribution < -0.4 is 15.8 Å². The summed E-state index contributed by atoms with van der Waals surface area (Å²) in [5.41, 5.74) is 2.14. The van der Waals surface area contributed by atoms with Crippen LogP contribution in [0.4, 0.5) is 5.69 Å². The molecular weight excluding hydrogens is 522 g/mol. The van der Waals surface area contributed by atoms with Crippen LogP contribution in [0.15, 0.2) is 53.3 Å². The zero-order chi connectivity index (χ0) is 26.2. The van der Waals surface area contributed by atoms with E-state index in [0.29, 0.717) is 57.2 Å². The number of amides is 2. The molecule has 0 saturated carbocycles. The number of hydrogen-bond acceptors (Lipinski definition) is 7. The quantitative estimate of drug-likeness (QED) is 0.370. The fraction of sp³-hybridized carbons (Fsp3) is 0.333. The van der Waals surface area contributed by atoms with Crippen LogP contribution in [0.25, 0.3) is 16.6 Å². The van der Waals surface area contributed by atoms with E-state index in [2.05, 4.69) is 27.3 Å². The van der Waals surface area contributed by atoms with Gasteiger partial charge in [-0.05, 0) is 55.4 Å². The minimum absolute atomic E-state index is 0.00353. The lowest BCUT2D eigenvalue weighted by molar-refractivity contribution is 0.0746. The number of aromatic amines is 1. The van der Waals surface area contributed by atoms with E-state index in [4.69, 9.17) is 17.0 Å². The lowest BCUT2D eigenvalue weighted by atomic mass is 10.1. The molecule has 0 bridgehead atoms. The zero-order valence-electron chi connectivity index (χ0n) is 20.6. The number of thiazole rings is 1. The average Bonchev–Trinajstić information content (AvgIpc) is 3.59. The lowest BCUT2D eigenvalue weighted by Gasteiger charge is -2.36. The predicted octanol–water partition coefficient (Wildman–Crippen LogP) is 3.44. The third-order valence-electron chi connectivity index (χ3n) is 7.18. The molecule has 6 rings (SSSR count). The number of fused-ring (bicyclic) bond motifs is 3. The van der Waals surface area contributed by atoms with Crippen molar-refractivity contribution in [3.05, 3.63) is 73.3 Å². The number of ether oxygens (including phenoxy) is 1. The van der Waals surface area contributed by atoms with E-state index in [1.165, 1.54) is 0 Å². The number of nitrogens with one attached hydrogen (secondary N) is 2. The number of H-pyrrole nitrogens is 1. The Hall–Kier alpha value is -3.54. The number of rotatable bonds is 5. The number of carbonyl (C=O) groups excluding carboxylic acids is 2. The standard InChI is InChI=1S/C27H27N5O4S2/c33-24-20-9-8-17(26(35)31-12-10-30(11-13-31)18-5-2-1-3-6-18)15-21(20)32-23(29-24)22(38-27(32)37)25(34)28-16-19-7-4-14-36-19/h1-3,5-6,8-9,15,19H,4,7,10-14,16H2,(H,28,34)(H,29,33). The molecule has 1 atom stereocenters. The number of benzene rings is 2. The second-order valence-electron chi connectivity index (χ2n) is 9.53. The molecule has 2 saturated heterocycles. The van der Waals surface area contributed by atoms with Gasteiger partial charge in [-0.2, -0.15) is 0 Å². The normalized spacial score (nSPS) is 17.8. The summed E-state index contributed by atoms with van der Waals surface area (Å²) in [5.74, 6) is -0.401. The Morgan fingerprint density at radius 1 is 1.11 bits per heavy atom. The first-order chi connectivity index (χ1) is 18.5. The maximum atomic E-state index is 13.4. The van der Waals surface area contributed by atoms with Gasteiger partial charge >= 0.3 is 0 Å². The predicted molar refractivity (Wildman–Crippen MR) is 150 cm³/mol. The number of nitrogens with zero attached hydrogens (tertiary/aromatic N) is 3. The molecule has 2 aromatic heterocycles. The Balaban J connectivity index is 1.27. The second kappa shape index (κ2) is 10.3. The highest BCUT2D eigenvalue weighted by molar-refractivity contribution is 7.73. The van der Waals surface area contributed by atoms with Crippen LogP contribution in [0.2, 0.25) is 0 Å². The third kappa shape index (κ3) is 4.61. The van der Waals surface area contributed by atoms with E-state index in [-0.39, 0.29) is 23.5 Å². The molecule has 4 aromatic rings. The van der Waals surface area contributed by atoms with Gasteiger partial charge in [-0.15, -0.1) is 0 Å². The van der Waals surface area contributed by atoms with Crippen molar-refractivity contribution in [1.29, 1.82) is 0 Å². The van der Waals surface area contributed by atoms with Gasteiger partial charge in [-0.25, -0.2) is 0 Å². The van der Waals surface area contributed by atoms with E-state index in [1.54, 1.807) is 22.6 Å². The molecule has 1 unspecified atom stereocenters. The fourth-order valence-electron chi connectivity index (χ4n) is 5.16. The number of carbonyl (C=O) groups is 2. The SMILES string of the molecule is O=C(NCC1CCCO1)c1sc(=S)n2c1[nH]c(=O)c1ccc(C(=O)N3CCN(c4ccccc4)CC3)cc12. The van der Waals surface area contributed by atoms with Crippen molar-refractivity contribution in [3.63, 3.8) is 0 Å². The fourth-order valence-corrected chi connectivity index (χ4v) is 6.46. The van der Waals surface area contributed by atoms with E-state index >= 15 is 0 Å². The van der Waals surface area contributed by atoms with Crippen LogP contribution in [-0.4, -0.2) is 71.5 Å². The summed E-state index contributed by atoms with van der Waals surface area (Å²) >= 11 is 6.74. The van der Waals surface area contributed by atoms with Gasteiger partial charge in [0.05, 0.1) is 17.0 Å². The van der Waals surface area contributed by atoms with Crippen molar-refractivity contribution >= 4 is 57.6 Å². The van der Waals surface area contributed by atoms with E-state index < -0.39 is 0 Å². The lowest BCUT2D eigenvalue weighted by Crippen LogP contribution is -2.48. The Morgan fingerprint density at radius 2 is 1.89 bits per heavy atom. The molecule has 4 heterocycles. The molecule has 2 N–H and O–H groups in total. The second-order valence-corrected chi connectivity index (χ2v) is 11.2. The summed E-state index contributed by atoms with van der Waals surface area (Å²) < 4.78 is 7.69. The average molecular weight is 550 g/mol. The number of aromatic nitrogens is 2. The summed E-state index contributed by atoms with van der Waals surface area (Å²) in [7, 11) is 0. The van der Waals surface area contributed by atoms with Gasteiger partial charge in [0.2, 0.25) is 0 Å². The van der Waals surface area contributed by atoms with Gasteiger partial charge in [0.15, 0.2) is 3.95 Å². The number of hydrogen-bond donors (Lipinski definition) is 2. The topological polar surface area (TPSA) is 99.1 Å². The van der Waals surface area contributed by atoms with Crippen LogP contribution in [0.5, 0.6) is 0 Å². The molecular formula is C27H27N5O4S2. The third-order valence-corrected chi connectivity index (χ3v) is 8.55. The van der Waals surface area contributed by atoms with E-state index in [0.717, 1.165) is 43.0 Å². The van der Waals surface area contributed by atoms with Gasteiger partial charge < -0.3 is 24.8 Å². The van der Waals surface area contributed by atoms with Gasteiger partial charge in [0, 0.05) is 50.6 Å². The van der Waals surface area contributed by atoms with E-state index in [9.17, 15) is 14.4 Å². The van der Waals surface area contributed by atoms with Crippen molar-refractivity contribution in [3.8, 4) is 0 Å². The van der Waals surface area contributed by atoms with Crippen molar-refractivity contribution < 1.29 is 14.3 Å². The van der Waals surface area contributed by atoms with Crippen LogP contribution in [0.1, 0.15) is 32.9 Å².